The molecular formula is C22H25N3O3. The Bertz CT molecular complexity index is 887. The minimum atomic E-state index is -0.317. The maximum atomic E-state index is 12.8. The fraction of sp³-hybridized carbons (Fsp3) is 0.409. The van der Waals surface area contributed by atoms with Gasteiger partial charge in [0.15, 0.2) is 0 Å². The monoisotopic (exact) mass is 379 g/mol. The van der Waals surface area contributed by atoms with Gasteiger partial charge in [-0.25, -0.2) is 4.98 Å². The molecule has 2 fully saturated rings. The molecule has 28 heavy (non-hydrogen) atoms. The quantitative estimate of drug-likeness (QED) is 0.742. The molecule has 5 atom stereocenters. The average molecular weight is 379 g/mol. The third-order valence-electron chi connectivity index (χ3n) is 6.03. The first-order valence-electron chi connectivity index (χ1n) is 9.76. The van der Waals surface area contributed by atoms with Gasteiger partial charge in [-0.15, -0.1) is 0 Å². The summed E-state index contributed by atoms with van der Waals surface area (Å²) in [6.45, 7) is 2.01. The van der Waals surface area contributed by atoms with Crippen LogP contribution in [0, 0.1) is 11.8 Å². The van der Waals surface area contributed by atoms with Crippen molar-refractivity contribution < 1.29 is 14.7 Å². The molecule has 2 saturated carbocycles. The van der Waals surface area contributed by atoms with E-state index in [1.54, 1.807) is 19.2 Å². The van der Waals surface area contributed by atoms with Crippen molar-refractivity contribution in [3.05, 3.63) is 65.0 Å². The van der Waals surface area contributed by atoms with Gasteiger partial charge in [0, 0.05) is 30.3 Å². The summed E-state index contributed by atoms with van der Waals surface area (Å²) >= 11 is 0. The largest absolute Gasteiger partial charge is 0.393 e. The molecule has 0 saturated heterocycles. The number of fused-ring (bicyclic) bond motifs is 1. The first kappa shape index (κ1) is 18.6. The van der Waals surface area contributed by atoms with E-state index in [9.17, 15) is 14.7 Å². The number of amides is 2. The Kier molecular flexibility index (Phi) is 4.89. The molecule has 0 bridgehead atoms. The summed E-state index contributed by atoms with van der Waals surface area (Å²) in [5.74, 6) is 0.196. The SMILES string of the molecule is CNC(=O)c1cc(C(=O)N[C@H]2[C@@H]3C[C@H](O)C[C@@H]32)cc([C@@H](C)c2ccccc2)n1. The maximum Gasteiger partial charge on any atom is 0.269 e. The van der Waals surface area contributed by atoms with Gasteiger partial charge < -0.3 is 15.7 Å². The Balaban J connectivity index is 1.59. The molecular weight excluding hydrogens is 354 g/mol. The topological polar surface area (TPSA) is 91.3 Å². The van der Waals surface area contributed by atoms with Crippen LogP contribution in [0.25, 0.3) is 0 Å². The molecule has 2 aliphatic carbocycles. The van der Waals surface area contributed by atoms with Gasteiger partial charge in [0.25, 0.3) is 11.8 Å². The number of nitrogens with one attached hydrogen (secondary N) is 2. The summed E-state index contributed by atoms with van der Waals surface area (Å²) < 4.78 is 0. The van der Waals surface area contributed by atoms with E-state index in [-0.39, 0.29) is 35.6 Å². The third-order valence-corrected chi connectivity index (χ3v) is 6.03. The van der Waals surface area contributed by atoms with Gasteiger partial charge in [0.2, 0.25) is 0 Å². The Morgan fingerprint density at radius 2 is 1.79 bits per heavy atom. The lowest BCUT2D eigenvalue weighted by Gasteiger charge is -2.15. The van der Waals surface area contributed by atoms with Gasteiger partial charge in [-0.1, -0.05) is 37.3 Å². The number of carbonyl (C=O) groups excluding carboxylic acids is 2. The molecule has 3 N–H and O–H groups in total. The van der Waals surface area contributed by atoms with E-state index < -0.39 is 0 Å². The summed E-state index contributed by atoms with van der Waals surface area (Å²) in [4.78, 5) is 29.5. The summed E-state index contributed by atoms with van der Waals surface area (Å²) in [5, 5.41) is 15.3. The lowest BCUT2D eigenvalue weighted by atomic mass is 9.95. The Morgan fingerprint density at radius 1 is 1.11 bits per heavy atom. The van der Waals surface area contributed by atoms with E-state index in [0.29, 0.717) is 23.1 Å². The molecule has 4 rings (SSSR count). The van der Waals surface area contributed by atoms with Crippen molar-refractivity contribution >= 4 is 11.8 Å². The average Bonchev–Trinajstić information content (AvgIpc) is 3.17. The smallest absolute Gasteiger partial charge is 0.269 e. The van der Waals surface area contributed by atoms with Gasteiger partial charge in [0.1, 0.15) is 5.69 Å². The van der Waals surface area contributed by atoms with E-state index >= 15 is 0 Å². The van der Waals surface area contributed by atoms with Crippen molar-refractivity contribution in [2.24, 2.45) is 11.8 Å². The van der Waals surface area contributed by atoms with E-state index in [4.69, 9.17) is 0 Å². The highest BCUT2D eigenvalue weighted by atomic mass is 16.3. The molecule has 6 nitrogen and oxygen atoms in total. The Hall–Kier alpha value is -2.73. The third kappa shape index (κ3) is 3.52. The molecule has 0 spiro atoms. The van der Waals surface area contributed by atoms with Crippen molar-refractivity contribution in [1.29, 1.82) is 0 Å². The van der Waals surface area contributed by atoms with Gasteiger partial charge in [0.05, 0.1) is 6.10 Å². The van der Waals surface area contributed by atoms with Crippen molar-refractivity contribution in [2.45, 2.75) is 37.8 Å². The highest BCUT2D eigenvalue weighted by Crippen LogP contribution is 2.52. The van der Waals surface area contributed by atoms with Crippen LogP contribution in [0.2, 0.25) is 0 Å². The Labute approximate surface area is 164 Å². The predicted molar refractivity (Wildman–Crippen MR) is 105 cm³/mol. The van der Waals surface area contributed by atoms with Crippen LogP contribution >= 0.6 is 0 Å². The predicted octanol–water partition coefficient (Wildman–Crippen LogP) is 2.09. The van der Waals surface area contributed by atoms with E-state index in [1.165, 1.54) is 0 Å². The number of aliphatic hydroxyl groups excluding tert-OH is 1. The molecule has 2 amide bonds. The second-order valence-corrected chi connectivity index (χ2v) is 7.83. The normalized spacial score (nSPS) is 26.2. The van der Waals surface area contributed by atoms with E-state index in [2.05, 4.69) is 15.6 Å². The van der Waals surface area contributed by atoms with Crippen molar-refractivity contribution in [1.82, 2.24) is 15.6 Å². The van der Waals surface area contributed by atoms with Crippen LogP contribution in [0.15, 0.2) is 42.5 Å². The zero-order valence-electron chi connectivity index (χ0n) is 16.1. The highest BCUT2D eigenvalue weighted by Gasteiger charge is 2.56. The zero-order chi connectivity index (χ0) is 19.8. The summed E-state index contributed by atoms with van der Waals surface area (Å²) in [6.07, 6.45) is 1.28. The molecule has 0 aliphatic heterocycles. The fourth-order valence-electron chi connectivity index (χ4n) is 4.32. The zero-order valence-corrected chi connectivity index (χ0v) is 16.1. The second-order valence-electron chi connectivity index (χ2n) is 7.83. The molecule has 146 valence electrons. The first-order valence-corrected chi connectivity index (χ1v) is 9.76. The van der Waals surface area contributed by atoms with Crippen LogP contribution in [0.4, 0.5) is 0 Å². The molecule has 2 aliphatic rings. The number of pyridine rings is 1. The molecule has 1 aromatic carbocycles. The minimum Gasteiger partial charge on any atom is -0.393 e. The van der Waals surface area contributed by atoms with Crippen LogP contribution < -0.4 is 10.6 Å². The summed E-state index contributed by atoms with van der Waals surface area (Å²) in [7, 11) is 1.55. The van der Waals surface area contributed by atoms with Crippen LogP contribution in [0.3, 0.4) is 0 Å². The number of benzene rings is 1. The van der Waals surface area contributed by atoms with Crippen LogP contribution in [0.1, 0.15) is 57.8 Å². The molecule has 0 unspecified atom stereocenters. The van der Waals surface area contributed by atoms with Crippen LogP contribution in [-0.2, 0) is 0 Å². The molecule has 1 aromatic heterocycles. The number of aliphatic hydroxyl groups is 1. The highest BCUT2D eigenvalue weighted by molar-refractivity contribution is 5.99. The lowest BCUT2D eigenvalue weighted by molar-refractivity contribution is 0.0936. The Morgan fingerprint density at radius 3 is 2.43 bits per heavy atom. The number of nitrogens with zero attached hydrogens (tertiary/aromatic N) is 1. The van der Waals surface area contributed by atoms with E-state index in [1.807, 2.05) is 37.3 Å². The molecule has 6 heteroatoms. The number of hydrogen-bond donors (Lipinski definition) is 3. The number of rotatable bonds is 5. The van der Waals surface area contributed by atoms with Gasteiger partial charge >= 0.3 is 0 Å². The molecule has 2 aromatic rings. The van der Waals surface area contributed by atoms with Gasteiger partial charge in [-0.3, -0.25) is 9.59 Å². The van der Waals surface area contributed by atoms with E-state index in [0.717, 1.165) is 18.4 Å². The number of carbonyl (C=O) groups is 2. The summed E-state index contributed by atoms with van der Waals surface area (Å²) in [5.41, 5.74) is 2.43. The summed E-state index contributed by atoms with van der Waals surface area (Å²) in [6, 6.07) is 13.3. The molecule has 0 radical (unpaired) electrons. The van der Waals surface area contributed by atoms with Gasteiger partial charge in [-0.2, -0.15) is 0 Å². The van der Waals surface area contributed by atoms with Crippen LogP contribution in [0.5, 0.6) is 0 Å². The lowest BCUT2D eigenvalue weighted by Crippen LogP contribution is -2.30. The van der Waals surface area contributed by atoms with Crippen molar-refractivity contribution in [3.63, 3.8) is 0 Å². The maximum absolute atomic E-state index is 12.8. The van der Waals surface area contributed by atoms with Gasteiger partial charge in [-0.05, 0) is 42.4 Å². The number of aromatic nitrogens is 1. The minimum absolute atomic E-state index is 0.0483. The second kappa shape index (κ2) is 7.36. The van der Waals surface area contributed by atoms with Crippen molar-refractivity contribution in [3.8, 4) is 0 Å². The first-order chi connectivity index (χ1) is 13.5. The standard InChI is InChI=1S/C22H25N3O3/c1-12(13-6-4-3-5-7-13)18-8-14(9-19(24-18)22(28)23-2)21(27)25-20-16-10-15(26)11-17(16)20/h3-9,12,15-17,20,26H,10-11H2,1-2H3,(H,23,28)(H,25,27)/t12-,15-,16+,17-,20-/m0/s1. The van der Waals surface area contributed by atoms with Crippen LogP contribution in [-0.4, -0.2) is 41.1 Å². The van der Waals surface area contributed by atoms with Crippen molar-refractivity contribution in [2.75, 3.05) is 7.05 Å². The number of hydrogen-bond acceptors (Lipinski definition) is 4. The fourth-order valence-corrected chi connectivity index (χ4v) is 4.32. The molecule has 1 heterocycles.